The van der Waals surface area contributed by atoms with Crippen LogP contribution in [0.4, 0.5) is 19.1 Å². The Hall–Kier alpha value is -3.73. The molecule has 206 valence electrons. The molecule has 2 heterocycles. The van der Waals surface area contributed by atoms with Gasteiger partial charge in [-0.15, -0.1) is 0 Å². The number of sulfonamides is 1. The van der Waals surface area contributed by atoms with Crippen LogP contribution in [0.1, 0.15) is 43.0 Å². The summed E-state index contributed by atoms with van der Waals surface area (Å²) in [5.74, 6) is 0.450. The van der Waals surface area contributed by atoms with Crippen molar-refractivity contribution < 1.29 is 26.1 Å². The highest BCUT2D eigenvalue weighted by molar-refractivity contribution is 7.92. The Bertz CT molecular complexity index is 1540. The van der Waals surface area contributed by atoms with Crippen LogP contribution in [0.25, 0.3) is 22.5 Å². The van der Waals surface area contributed by atoms with E-state index in [2.05, 4.69) is 19.8 Å². The maximum Gasteiger partial charge on any atom is 0.389 e. The van der Waals surface area contributed by atoms with Gasteiger partial charge in [0.2, 0.25) is 5.88 Å². The molecule has 4 aromatic rings. The van der Waals surface area contributed by atoms with E-state index < -0.39 is 22.6 Å². The summed E-state index contributed by atoms with van der Waals surface area (Å²) < 4.78 is 72.8. The van der Waals surface area contributed by atoms with Crippen molar-refractivity contribution in [3.8, 4) is 22.5 Å². The monoisotopic (exact) mass is 558 g/mol. The summed E-state index contributed by atoms with van der Waals surface area (Å²) in [6.07, 6.45) is -0.961. The normalized spacial score (nSPS) is 12.9. The number of alkyl halides is 3. The second-order valence-corrected chi connectivity index (χ2v) is 11.2. The quantitative estimate of drug-likeness (QED) is 0.222. The highest BCUT2D eigenvalue weighted by atomic mass is 32.2. The van der Waals surface area contributed by atoms with E-state index in [0.717, 1.165) is 11.1 Å². The predicted octanol–water partition coefficient (Wildman–Crippen LogP) is 7.13. The Morgan fingerprint density at radius 1 is 1.00 bits per heavy atom. The Labute approximate surface area is 225 Å². The molecule has 1 atom stereocenters. The summed E-state index contributed by atoms with van der Waals surface area (Å²) in [5.41, 5.74) is 3.77. The molecule has 2 aromatic carbocycles. The van der Waals surface area contributed by atoms with Crippen molar-refractivity contribution in [2.24, 2.45) is 5.92 Å². The number of aromatic nitrogens is 3. The number of nitrogens with one attached hydrogen (secondary N) is 1. The standard InChI is InChI=1S/C28H29F3N4O3S/c1-18(8-6-13-28(29,30)31)16-22-17-21(26-32-14-7-15-33-26)11-12-23(22)24-9-4-5-10-25(24)39(36,37)35-27-19(2)20(3)34-38-27/h4-5,7,9-12,14-15,17-18,35H,6,8,13,16H2,1-3H3. The first kappa shape index (κ1) is 28.3. The van der Waals surface area contributed by atoms with Crippen LogP contribution in [-0.2, 0) is 16.4 Å². The molecule has 39 heavy (non-hydrogen) atoms. The lowest BCUT2D eigenvalue weighted by Crippen LogP contribution is -2.15. The van der Waals surface area contributed by atoms with Gasteiger partial charge in [-0.1, -0.05) is 48.8 Å². The summed E-state index contributed by atoms with van der Waals surface area (Å²) in [6, 6.07) is 13.8. The molecule has 0 saturated heterocycles. The zero-order valence-electron chi connectivity index (χ0n) is 21.8. The molecule has 4 rings (SSSR count). The molecule has 0 aliphatic heterocycles. The lowest BCUT2D eigenvalue weighted by atomic mass is 9.89. The van der Waals surface area contributed by atoms with Crippen LogP contribution in [0.2, 0.25) is 0 Å². The van der Waals surface area contributed by atoms with Crippen LogP contribution >= 0.6 is 0 Å². The van der Waals surface area contributed by atoms with Crippen LogP contribution in [-0.4, -0.2) is 29.7 Å². The van der Waals surface area contributed by atoms with Crippen molar-refractivity contribution in [2.75, 3.05) is 4.72 Å². The molecule has 0 spiro atoms. The predicted molar refractivity (Wildman–Crippen MR) is 142 cm³/mol. The van der Waals surface area contributed by atoms with Gasteiger partial charge in [0.1, 0.15) is 0 Å². The van der Waals surface area contributed by atoms with E-state index in [4.69, 9.17) is 4.52 Å². The highest BCUT2D eigenvalue weighted by Gasteiger charge is 2.27. The second-order valence-electron chi connectivity index (χ2n) is 9.58. The van der Waals surface area contributed by atoms with Gasteiger partial charge < -0.3 is 4.52 Å². The third-order valence-corrected chi connectivity index (χ3v) is 7.89. The van der Waals surface area contributed by atoms with Crippen molar-refractivity contribution in [3.63, 3.8) is 0 Å². The first-order chi connectivity index (χ1) is 18.4. The molecule has 7 nitrogen and oxygen atoms in total. The lowest BCUT2D eigenvalue weighted by molar-refractivity contribution is -0.136. The van der Waals surface area contributed by atoms with Gasteiger partial charge in [0, 0.05) is 35.5 Å². The topological polar surface area (TPSA) is 98.0 Å². The summed E-state index contributed by atoms with van der Waals surface area (Å²) in [4.78, 5) is 8.64. The maximum atomic E-state index is 13.5. The number of rotatable bonds is 10. The molecule has 1 unspecified atom stereocenters. The van der Waals surface area contributed by atoms with Crippen molar-refractivity contribution in [2.45, 2.75) is 57.5 Å². The molecule has 0 bridgehead atoms. The molecule has 0 radical (unpaired) electrons. The zero-order valence-corrected chi connectivity index (χ0v) is 22.6. The van der Waals surface area contributed by atoms with Crippen LogP contribution < -0.4 is 4.72 Å². The average Bonchev–Trinajstić information content (AvgIpc) is 3.20. The number of benzene rings is 2. The van der Waals surface area contributed by atoms with Gasteiger partial charge in [-0.3, -0.25) is 0 Å². The first-order valence-electron chi connectivity index (χ1n) is 12.5. The Morgan fingerprint density at radius 3 is 2.38 bits per heavy atom. The summed E-state index contributed by atoms with van der Waals surface area (Å²) in [5, 5.41) is 3.82. The van der Waals surface area contributed by atoms with Gasteiger partial charge in [0.15, 0.2) is 5.82 Å². The number of hydrogen-bond donors (Lipinski definition) is 1. The fourth-order valence-corrected chi connectivity index (χ4v) is 5.62. The zero-order chi connectivity index (χ0) is 28.2. The molecule has 0 saturated carbocycles. The van der Waals surface area contributed by atoms with Gasteiger partial charge in [0.05, 0.1) is 10.6 Å². The molecule has 2 aromatic heterocycles. The Morgan fingerprint density at radius 2 is 1.72 bits per heavy atom. The van der Waals surface area contributed by atoms with Crippen LogP contribution in [0.5, 0.6) is 0 Å². The fraction of sp³-hybridized carbons (Fsp3) is 0.321. The van der Waals surface area contributed by atoms with E-state index in [9.17, 15) is 21.6 Å². The Kier molecular flexibility index (Phi) is 8.39. The van der Waals surface area contributed by atoms with E-state index in [1.54, 1.807) is 50.5 Å². The fourth-order valence-electron chi connectivity index (χ4n) is 4.35. The molecular formula is C28H29F3N4O3S. The molecular weight excluding hydrogens is 529 g/mol. The van der Waals surface area contributed by atoms with Crippen LogP contribution in [0.15, 0.2) is 70.3 Å². The largest absolute Gasteiger partial charge is 0.389 e. The number of hydrogen-bond acceptors (Lipinski definition) is 6. The summed E-state index contributed by atoms with van der Waals surface area (Å²) >= 11 is 0. The van der Waals surface area contributed by atoms with E-state index in [1.807, 2.05) is 25.1 Å². The molecule has 0 amide bonds. The minimum absolute atomic E-state index is 0.0202. The van der Waals surface area contributed by atoms with Crippen molar-refractivity contribution in [1.29, 1.82) is 0 Å². The molecule has 1 N–H and O–H groups in total. The SMILES string of the molecule is Cc1noc(NS(=O)(=O)c2ccccc2-c2ccc(-c3ncccn3)cc2CC(C)CCCC(F)(F)F)c1C. The number of nitrogens with zero attached hydrogens (tertiary/aromatic N) is 3. The van der Waals surface area contributed by atoms with Gasteiger partial charge in [-0.05, 0) is 61.9 Å². The van der Waals surface area contributed by atoms with Gasteiger partial charge in [-0.2, -0.15) is 13.2 Å². The van der Waals surface area contributed by atoms with E-state index in [0.29, 0.717) is 41.1 Å². The minimum atomic E-state index is -4.20. The summed E-state index contributed by atoms with van der Waals surface area (Å²) in [7, 11) is -4.07. The highest BCUT2D eigenvalue weighted by Crippen LogP contribution is 2.35. The van der Waals surface area contributed by atoms with Gasteiger partial charge in [0.25, 0.3) is 10.0 Å². The third kappa shape index (κ3) is 7.03. The molecule has 11 heteroatoms. The average molecular weight is 559 g/mol. The lowest BCUT2D eigenvalue weighted by Gasteiger charge is -2.19. The third-order valence-electron chi connectivity index (χ3n) is 6.51. The van der Waals surface area contributed by atoms with E-state index in [1.165, 1.54) is 6.07 Å². The van der Waals surface area contributed by atoms with Crippen molar-refractivity contribution in [3.05, 3.63) is 77.7 Å². The maximum absolute atomic E-state index is 13.5. The first-order valence-corrected chi connectivity index (χ1v) is 13.9. The van der Waals surface area contributed by atoms with Crippen molar-refractivity contribution >= 4 is 15.9 Å². The van der Waals surface area contributed by atoms with E-state index in [-0.39, 0.29) is 23.1 Å². The van der Waals surface area contributed by atoms with E-state index >= 15 is 0 Å². The number of anilines is 1. The Balaban J connectivity index is 1.74. The van der Waals surface area contributed by atoms with Crippen LogP contribution in [0.3, 0.4) is 0 Å². The van der Waals surface area contributed by atoms with Crippen LogP contribution in [0, 0.1) is 19.8 Å². The molecule has 0 fully saturated rings. The molecule has 0 aliphatic carbocycles. The summed E-state index contributed by atoms with van der Waals surface area (Å²) in [6.45, 7) is 5.31. The smallest absolute Gasteiger partial charge is 0.337 e. The van der Waals surface area contributed by atoms with Crippen molar-refractivity contribution in [1.82, 2.24) is 15.1 Å². The molecule has 0 aliphatic rings. The van der Waals surface area contributed by atoms with Gasteiger partial charge in [-0.25, -0.2) is 23.1 Å². The minimum Gasteiger partial charge on any atom is -0.337 e. The number of halogens is 3. The van der Waals surface area contributed by atoms with Gasteiger partial charge >= 0.3 is 6.18 Å². The second kappa shape index (κ2) is 11.6. The number of aryl methyl sites for hydroxylation is 1.